The highest BCUT2D eigenvalue weighted by Gasteiger charge is 2.12. The number of aliphatic hydroxyl groups excluding tert-OH is 1. The zero-order chi connectivity index (χ0) is 21.9. The number of aromatic nitrogens is 5. The lowest BCUT2D eigenvalue weighted by Gasteiger charge is -2.10. The van der Waals surface area contributed by atoms with Crippen molar-refractivity contribution in [3.05, 3.63) is 84.2 Å². The van der Waals surface area contributed by atoms with Gasteiger partial charge in [0.2, 0.25) is 0 Å². The second-order valence-corrected chi connectivity index (χ2v) is 7.35. The lowest BCUT2D eigenvalue weighted by atomic mass is 10.2. The Morgan fingerprint density at radius 2 is 2.03 bits per heavy atom. The molecule has 0 fully saturated rings. The summed E-state index contributed by atoms with van der Waals surface area (Å²) >= 11 is 0. The topological polar surface area (TPSA) is 89.5 Å². The number of benzene rings is 2. The van der Waals surface area contributed by atoms with Crippen molar-refractivity contribution in [2.75, 3.05) is 18.5 Å². The minimum Gasteiger partial charge on any atom is -0.394 e. The van der Waals surface area contributed by atoms with Crippen LogP contribution >= 0.6 is 0 Å². The van der Waals surface area contributed by atoms with Crippen LogP contribution in [0.1, 0.15) is 11.1 Å². The van der Waals surface area contributed by atoms with Gasteiger partial charge in [-0.1, -0.05) is 12.1 Å². The Kier molecular flexibility index (Phi) is 5.49. The number of aliphatic hydroxyl groups is 1. The summed E-state index contributed by atoms with van der Waals surface area (Å²) in [5.41, 5.74) is 4.39. The molecule has 0 saturated carbocycles. The first-order valence-electron chi connectivity index (χ1n) is 10.2. The molecule has 0 saturated heterocycles. The van der Waals surface area contributed by atoms with Crippen LogP contribution in [-0.4, -0.2) is 42.7 Å². The largest absolute Gasteiger partial charge is 0.394 e. The molecular weight excluding hydrogens is 411 g/mol. The van der Waals surface area contributed by atoms with Crippen LogP contribution in [0.25, 0.3) is 16.4 Å². The quantitative estimate of drug-likeness (QED) is 0.365. The summed E-state index contributed by atoms with van der Waals surface area (Å²) in [6, 6.07) is 14.4. The monoisotopic (exact) mass is 432 g/mol. The van der Waals surface area contributed by atoms with Crippen LogP contribution < -0.4 is 5.32 Å². The van der Waals surface area contributed by atoms with Gasteiger partial charge in [0.15, 0.2) is 5.82 Å². The molecule has 0 bridgehead atoms. The normalized spacial score (nSPS) is 11.4. The van der Waals surface area contributed by atoms with Crippen LogP contribution in [0.3, 0.4) is 0 Å². The molecule has 0 unspecified atom stereocenters. The summed E-state index contributed by atoms with van der Waals surface area (Å²) in [4.78, 5) is 4.41. The SMILES string of the molecule is OCCOCc1ccn2ncnc(Nc3ccc4c(cnn4Cc4cccc(F)c4)c3)c12. The molecule has 0 aliphatic heterocycles. The van der Waals surface area contributed by atoms with Gasteiger partial charge < -0.3 is 15.2 Å². The van der Waals surface area contributed by atoms with E-state index in [1.54, 1.807) is 16.8 Å². The molecule has 8 nitrogen and oxygen atoms in total. The summed E-state index contributed by atoms with van der Waals surface area (Å²) in [7, 11) is 0. The highest BCUT2D eigenvalue weighted by atomic mass is 19.1. The number of hydrogen-bond acceptors (Lipinski definition) is 6. The maximum Gasteiger partial charge on any atom is 0.158 e. The van der Waals surface area contributed by atoms with Crippen LogP contribution in [0.4, 0.5) is 15.9 Å². The Morgan fingerprint density at radius 1 is 1.09 bits per heavy atom. The van der Waals surface area contributed by atoms with Crippen LogP contribution in [0.2, 0.25) is 0 Å². The van der Waals surface area contributed by atoms with E-state index in [4.69, 9.17) is 9.84 Å². The number of fused-ring (bicyclic) bond motifs is 2. The second-order valence-electron chi connectivity index (χ2n) is 7.35. The lowest BCUT2D eigenvalue weighted by Crippen LogP contribution is -2.03. The number of hydrogen-bond donors (Lipinski definition) is 2. The zero-order valence-electron chi connectivity index (χ0n) is 17.1. The van der Waals surface area contributed by atoms with E-state index in [0.717, 1.165) is 33.2 Å². The minimum atomic E-state index is -0.256. The number of rotatable bonds is 8. The first kappa shape index (κ1) is 20.1. The third kappa shape index (κ3) is 4.03. The van der Waals surface area contributed by atoms with Crippen molar-refractivity contribution in [1.29, 1.82) is 0 Å². The average molecular weight is 432 g/mol. The number of anilines is 2. The van der Waals surface area contributed by atoms with Gasteiger partial charge in [0.1, 0.15) is 17.7 Å². The van der Waals surface area contributed by atoms with Gasteiger partial charge in [0.25, 0.3) is 0 Å². The van der Waals surface area contributed by atoms with Gasteiger partial charge >= 0.3 is 0 Å². The Morgan fingerprint density at radius 3 is 2.91 bits per heavy atom. The maximum atomic E-state index is 13.5. The highest BCUT2D eigenvalue weighted by molar-refractivity contribution is 5.85. The average Bonchev–Trinajstić information content (AvgIpc) is 3.39. The summed E-state index contributed by atoms with van der Waals surface area (Å²) in [6.45, 7) is 1.08. The molecule has 0 aliphatic carbocycles. The molecule has 0 atom stereocenters. The first-order valence-corrected chi connectivity index (χ1v) is 10.2. The smallest absolute Gasteiger partial charge is 0.158 e. The molecule has 5 rings (SSSR count). The zero-order valence-corrected chi connectivity index (χ0v) is 17.1. The van der Waals surface area contributed by atoms with Crippen LogP contribution in [-0.2, 0) is 17.9 Å². The predicted octanol–water partition coefficient (Wildman–Crippen LogP) is 3.52. The van der Waals surface area contributed by atoms with Gasteiger partial charge in [0.05, 0.1) is 38.1 Å². The van der Waals surface area contributed by atoms with E-state index in [9.17, 15) is 4.39 Å². The van der Waals surface area contributed by atoms with E-state index in [-0.39, 0.29) is 19.0 Å². The van der Waals surface area contributed by atoms with Gasteiger partial charge in [-0.05, 0) is 42.0 Å². The molecular formula is C23H21FN6O2. The fourth-order valence-corrected chi connectivity index (χ4v) is 3.71. The molecule has 0 amide bonds. The van der Waals surface area contributed by atoms with Gasteiger partial charge in [0, 0.05) is 22.8 Å². The van der Waals surface area contributed by atoms with Gasteiger partial charge in [-0.25, -0.2) is 13.9 Å². The molecule has 3 heterocycles. The number of nitrogens with one attached hydrogen (secondary N) is 1. The van der Waals surface area contributed by atoms with Crippen molar-refractivity contribution in [2.24, 2.45) is 0 Å². The molecule has 32 heavy (non-hydrogen) atoms. The fourth-order valence-electron chi connectivity index (χ4n) is 3.71. The number of nitrogens with zero attached hydrogens (tertiary/aromatic N) is 5. The van der Waals surface area contributed by atoms with Crippen LogP contribution in [0.5, 0.6) is 0 Å². The van der Waals surface area contributed by atoms with Crippen molar-refractivity contribution in [3.8, 4) is 0 Å². The van der Waals surface area contributed by atoms with Crippen LogP contribution in [0.15, 0.2) is 67.3 Å². The Hall–Kier alpha value is -3.82. The summed E-state index contributed by atoms with van der Waals surface area (Å²) in [5, 5.41) is 22.0. The summed E-state index contributed by atoms with van der Waals surface area (Å²) in [5.74, 6) is 0.396. The number of halogens is 1. The molecule has 0 radical (unpaired) electrons. The van der Waals surface area contributed by atoms with E-state index in [0.29, 0.717) is 19.0 Å². The third-order valence-corrected chi connectivity index (χ3v) is 5.16. The molecule has 2 N–H and O–H groups in total. The Labute approximate surface area is 182 Å². The van der Waals surface area contributed by atoms with Gasteiger partial charge in [-0.3, -0.25) is 4.68 Å². The van der Waals surface area contributed by atoms with E-state index in [1.807, 2.05) is 41.2 Å². The van der Waals surface area contributed by atoms with Crippen molar-refractivity contribution < 1.29 is 14.2 Å². The van der Waals surface area contributed by atoms with E-state index < -0.39 is 0 Å². The molecule has 5 aromatic rings. The van der Waals surface area contributed by atoms with Crippen LogP contribution in [0, 0.1) is 5.82 Å². The van der Waals surface area contributed by atoms with Gasteiger partial charge in [-0.2, -0.15) is 10.2 Å². The van der Waals surface area contributed by atoms with Crippen molar-refractivity contribution >= 4 is 27.9 Å². The van der Waals surface area contributed by atoms with E-state index >= 15 is 0 Å². The third-order valence-electron chi connectivity index (χ3n) is 5.16. The molecule has 9 heteroatoms. The lowest BCUT2D eigenvalue weighted by molar-refractivity contribution is 0.0822. The van der Waals surface area contributed by atoms with Crippen molar-refractivity contribution in [2.45, 2.75) is 13.2 Å². The first-order chi connectivity index (χ1) is 15.7. The maximum absolute atomic E-state index is 13.5. The highest BCUT2D eigenvalue weighted by Crippen LogP contribution is 2.26. The fraction of sp³-hybridized carbons (Fsp3) is 0.174. The molecule has 2 aromatic carbocycles. The standard InChI is InChI=1S/C23H21FN6O2/c24-19-3-1-2-16(10-19)13-30-21-5-4-20(11-18(21)12-26-30)28-23-22-17(14-32-9-8-31)6-7-29(22)27-15-25-23/h1-7,10-12,15,31H,8-9,13-14H2,(H,25,27,28). The van der Waals surface area contributed by atoms with Crippen molar-refractivity contribution in [3.63, 3.8) is 0 Å². The predicted molar refractivity (Wildman–Crippen MR) is 118 cm³/mol. The molecule has 0 aliphatic rings. The van der Waals surface area contributed by atoms with E-state index in [1.165, 1.54) is 18.5 Å². The van der Waals surface area contributed by atoms with E-state index in [2.05, 4.69) is 20.5 Å². The number of ether oxygens (including phenoxy) is 1. The molecule has 162 valence electrons. The molecule has 0 spiro atoms. The molecule has 3 aromatic heterocycles. The van der Waals surface area contributed by atoms with Gasteiger partial charge in [-0.15, -0.1) is 0 Å². The Bertz CT molecular complexity index is 1380. The van der Waals surface area contributed by atoms with Crippen molar-refractivity contribution in [1.82, 2.24) is 24.4 Å². The summed E-state index contributed by atoms with van der Waals surface area (Å²) < 4.78 is 22.6. The minimum absolute atomic E-state index is 0.0275. The Balaban J connectivity index is 1.41. The summed E-state index contributed by atoms with van der Waals surface area (Å²) in [6.07, 6.45) is 5.13. The second kappa shape index (κ2) is 8.74.